The van der Waals surface area contributed by atoms with E-state index in [1.54, 1.807) is 0 Å². The number of aryl methyl sites for hydroxylation is 2. The number of ether oxygens (including phenoxy) is 1. The molecule has 0 saturated heterocycles. The second kappa shape index (κ2) is 6.45. The van der Waals surface area contributed by atoms with Crippen LogP contribution in [-0.2, 0) is 0 Å². The summed E-state index contributed by atoms with van der Waals surface area (Å²) in [6, 6.07) is 14.9. The Hall–Kier alpha value is -1.28. The second-order valence-corrected chi connectivity index (χ2v) is 6.37. The fourth-order valence-electron chi connectivity index (χ4n) is 2.28. The third-order valence-electron chi connectivity index (χ3n) is 3.24. The largest absolute Gasteiger partial charge is 0.491 e. The summed E-state index contributed by atoms with van der Waals surface area (Å²) in [6.07, 6.45) is 0.208. The molecule has 0 saturated carbocycles. The number of alkyl halides is 1. The highest BCUT2D eigenvalue weighted by Crippen LogP contribution is 2.33. The molecule has 0 radical (unpaired) electrons. The minimum atomic E-state index is 0.208. The van der Waals surface area contributed by atoms with Crippen molar-refractivity contribution in [2.24, 2.45) is 0 Å². The van der Waals surface area contributed by atoms with Crippen molar-refractivity contribution >= 4 is 15.9 Å². The van der Waals surface area contributed by atoms with Gasteiger partial charge in [-0.15, -0.1) is 0 Å². The van der Waals surface area contributed by atoms with Gasteiger partial charge in [-0.3, -0.25) is 0 Å². The molecule has 0 aromatic heterocycles. The summed E-state index contributed by atoms with van der Waals surface area (Å²) in [7, 11) is 0. The van der Waals surface area contributed by atoms with Crippen molar-refractivity contribution in [2.45, 2.75) is 38.6 Å². The van der Waals surface area contributed by atoms with Gasteiger partial charge in [0.2, 0.25) is 0 Å². The van der Waals surface area contributed by atoms with Crippen molar-refractivity contribution < 1.29 is 4.74 Å². The first kappa shape index (κ1) is 15.1. The molecule has 2 heteroatoms. The van der Waals surface area contributed by atoms with Gasteiger partial charge >= 0.3 is 0 Å². The van der Waals surface area contributed by atoms with E-state index in [0.29, 0.717) is 0 Å². The zero-order chi connectivity index (χ0) is 14.7. The maximum Gasteiger partial charge on any atom is 0.119 e. The molecule has 106 valence electrons. The molecule has 20 heavy (non-hydrogen) atoms. The van der Waals surface area contributed by atoms with E-state index in [1.807, 2.05) is 26.0 Å². The van der Waals surface area contributed by atoms with Crippen LogP contribution in [-0.4, -0.2) is 6.10 Å². The van der Waals surface area contributed by atoms with Gasteiger partial charge in [0.1, 0.15) is 5.75 Å². The number of rotatable bonds is 4. The zero-order valence-corrected chi connectivity index (χ0v) is 14.1. The highest BCUT2D eigenvalue weighted by Gasteiger charge is 2.13. The normalized spacial score (nSPS) is 12.5. The standard InChI is InChI=1S/C18H21BrO/c1-12(2)20-16-8-6-15(7-9-16)18(19)17-10-5-13(3)11-14(17)4/h5-12,18H,1-4H3. The van der Waals surface area contributed by atoms with Crippen LogP contribution in [0.1, 0.15) is 40.9 Å². The van der Waals surface area contributed by atoms with Gasteiger partial charge in [0.15, 0.2) is 0 Å². The Bertz CT molecular complexity index is 572. The Labute approximate surface area is 130 Å². The fourth-order valence-corrected chi connectivity index (χ4v) is 3.10. The van der Waals surface area contributed by atoms with Crippen molar-refractivity contribution in [2.75, 3.05) is 0 Å². The Balaban J connectivity index is 2.22. The fraction of sp³-hybridized carbons (Fsp3) is 0.333. The molecule has 0 N–H and O–H groups in total. The van der Waals surface area contributed by atoms with E-state index in [4.69, 9.17) is 4.74 Å². The van der Waals surface area contributed by atoms with Crippen LogP contribution < -0.4 is 4.74 Å². The zero-order valence-electron chi connectivity index (χ0n) is 12.5. The van der Waals surface area contributed by atoms with Crippen molar-refractivity contribution in [1.29, 1.82) is 0 Å². The molecule has 0 aliphatic heterocycles. The van der Waals surface area contributed by atoms with Crippen molar-refractivity contribution in [3.63, 3.8) is 0 Å². The summed E-state index contributed by atoms with van der Waals surface area (Å²) < 4.78 is 5.68. The molecule has 0 spiro atoms. The first-order chi connectivity index (χ1) is 9.47. The predicted octanol–water partition coefficient (Wildman–Crippen LogP) is 5.57. The minimum absolute atomic E-state index is 0.208. The van der Waals surface area contributed by atoms with Gasteiger partial charge in [0.25, 0.3) is 0 Å². The van der Waals surface area contributed by atoms with Crippen LogP contribution in [0, 0.1) is 13.8 Å². The molecule has 2 aromatic carbocycles. The lowest BCUT2D eigenvalue weighted by molar-refractivity contribution is 0.242. The maximum absolute atomic E-state index is 5.68. The average Bonchev–Trinajstić information content (AvgIpc) is 2.38. The van der Waals surface area contributed by atoms with Gasteiger partial charge in [-0.05, 0) is 56.5 Å². The molecular formula is C18H21BrO. The molecule has 0 heterocycles. The monoisotopic (exact) mass is 332 g/mol. The molecule has 0 fully saturated rings. The van der Waals surface area contributed by atoms with E-state index in [-0.39, 0.29) is 10.9 Å². The lowest BCUT2D eigenvalue weighted by Crippen LogP contribution is -2.05. The SMILES string of the molecule is Cc1ccc(C(Br)c2ccc(OC(C)C)cc2)c(C)c1. The lowest BCUT2D eigenvalue weighted by atomic mass is 9.99. The van der Waals surface area contributed by atoms with Crippen molar-refractivity contribution in [3.05, 3.63) is 64.7 Å². The van der Waals surface area contributed by atoms with Crippen LogP contribution in [0.15, 0.2) is 42.5 Å². The first-order valence-electron chi connectivity index (χ1n) is 6.95. The second-order valence-electron chi connectivity index (χ2n) is 5.46. The van der Waals surface area contributed by atoms with Gasteiger partial charge in [-0.2, -0.15) is 0 Å². The molecule has 0 aliphatic carbocycles. The van der Waals surface area contributed by atoms with Gasteiger partial charge in [-0.25, -0.2) is 0 Å². The van der Waals surface area contributed by atoms with Crippen LogP contribution in [0.4, 0.5) is 0 Å². The number of halogens is 1. The Morgan fingerprint density at radius 2 is 1.60 bits per heavy atom. The third-order valence-corrected chi connectivity index (χ3v) is 4.26. The van der Waals surface area contributed by atoms with Gasteiger partial charge < -0.3 is 4.74 Å². The third kappa shape index (κ3) is 3.63. The summed E-state index contributed by atoms with van der Waals surface area (Å²) in [5, 5.41) is 0. The minimum Gasteiger partial charge on any atom is -0.491 e. The highest BCUT2D eigenvalue weighted by molar-refractivity contribution is 9.09. The topological polar surface area (TPSA) is 9.23 Å². The Kier molecular flexibility index (Phi) is 4.87. The summed E-state index contributed by atoms with van der Waals surface area (Å²) in [5.41, 5.74) is 5.17. The Morgan fingerprint density at radius 3 is 2.15 bits per heavy atom. The van der Waals surface area contributed by atoms with E-state index in [2.05, 4.69) is 60.1 Å². The van der Waals surface area contributed by atoms with E-state index in [0.717, 1.165) is 5.75 Å². The molecule has 0 amide bonds. The van der Waals surface area contributed by atoms with E-state index in [9.17, 15) is 0 Å². The molecule has 1 unspecified atom stereocenters. The van der Waals surface area contributed by atoms with E-state index < -0.39 is 0 Å². The van der Waals surface area contributed by atoms with E-state index >= 15 is 0 Å². The molecule has 0 bridgehead atoms. The van der Waals surface area contributed by atoms with Gasteiger partial charge in [0, 0.05) is 0 Å². The quantitative estimate of drug-likeness (QED) is 0.664. The molecule has 2 aromatic rings. The molecule has 0 aliphatic rings. The smallest absolute Gasteiger partial charge is 0.119 e. The average molecular weight is 333 g/mol. The predicted molar refractivity (Wildman–Crippen MR) is 88.9 cm³/mol. The highest BCUT2D eigenvalue weighted by atomic mass is 79.9. The van der Waals surface area contributed by atoms with Crippen LogP contribution in [0.5, 0.6) is 5.75 Å². The van der Waals surface area contributed by atoms with Crippen molar-refractivity contribution in [1.82, 2.24) is 0 Å². The van der Waals surface area contributed by atoms with Crippen LogP contribution in [0.25, 0.3) is 0 Å². The number of hydrogen-bond acceptors (Lipinski definition) is 1. The lowest BCUT2D eigenvalue weighted by Gasteiger charge is -2.15. The Morgan fingerprint density at radius 1 is 0.950 bits per heavy atom. The summed E-state index contributed by atoms with van der Waals surface area (Å²) in [6.45, 7) is 8.36. The molecule has 2 rings (SSSR count). The van der Waals surface area contributed by atoms with Crippen LogP contribution in [0.2, 0.25) is 0 Å². The summed E-state index contributed by atoms with van der Waals surface area (Å²) in [5.74, 6) is 0.920. The van der Waals surface area contributed by atoms with E-state index in [1.165, 1.54) is 22.3 Å². The first-order valence-corrected chi connectivity index (χ1v) is 7.87. The molecule has 1 nitrogen and oxygen atoms in total. The number of benzene rings is 2. The molecule has 1 atom stereocenters. The maximum atomic E-state index is 5.68. The summed E-state index contributed by atoms with van der Waals surface area (Å²) in [4.78, 5) is 0.219. The van der Waals surface area contributed by atoms with Crippen molar-refractivity contribution in [3.8, 4) is 5.75 Å². The van der Waals surface area contributed by atoms with Gasteiger partial charge in [-0.1, -0.05) is 51.8 Å². The number of hydrogen-bond donors (Lipinski definition) is 0. The molecular weight excluding hydrogens is 312 g/mol. The summed E-state index contributed by atoms with van der Waals surface area (Å²) >= 11 is 3.80. The van der Waals surface area contributed by atoms with Gasteiger partial charge in [0.05, 0.1) is 10.9 Å². The van der Waals surface area contributed by atoms with Crippen LogP contribution >= 0.6 is 15.9 Å². The van der Waals surface area contributed by atoms with Crippen LogP contribution in [0.3, 0.4) is 0 Å².